The summed E-state index contributed by atoms with van der Waals surface area (Å²) in [5, 5.41) is 6.78. The summed E-state index contributed by atoms with van der Waals surface area (Å²) in [4.78, 5) is 4.21. The maximum absolute atomic E-state index is 4.21. The zero-order valence-electron chi connectivity index (χ0n) is 9.46. The van der Waals surface area contributed by atoms with Crippen LogP contribution < -0.4 is 10.6 Å². The summed E-state index contributed by atoms with van der Waals surface area (Å²) in [6.45, 7) is 5.28. The third-order valence-corrected chi connectivity index (χ3v) is 2.92. The second-order valence-corrected chi connectivity index (χ2v) is 4.15. The van der Waals surface area contributed by atoms with Crippen molar-refractivity contribution in [3.8, 4) is 0 Å². The summed E-state index contributed by atoms with van der Waals surface area (Å²) in [6, 6.07) is 2.80. The van der Waals surface area contributed by atoms with E-state index in [1.807, 2.05) is 12.4 Å². The van der Waals surface area contributed by atoms with Gasteiger partial charge in [-0.05, 0) is 25.3 Å². The molecule has 0 spiro atoms. The van der Waals surface area contributed by atoms with E-state index in [1.54, 1.807) is 0 Å². The number of nitrogens with one attached hydrogen (secondary N) is 2. The van der Waals surface area contributed by atoms with E-state index in [1.165, 1.54) is 12.8 Å². The molecule has 1 heterocycles. The van der Waals surface area contributed by atoms with Gasteiger partial charge in [0, 0.05) is 12.6 Å². The minimum Gasteiger partial charge on any atom is -0.384 e. The van der Waals surface area contributed by atoms with Crippen LogP contribution in [0.25, 0.3) is 0 Å². The lowest BCUT2D eigenvalue weighted by atomic mass is 10.3. The molecule has 0 amide bonds. The zero-order valence-corrected chi connectivity index (χ0v) is 9.46. The van der Waals surface area contributed by atoms with Gasteiger partial charge in [-0.25, -0.2) is 0 Å². The van der Waals surface area contributed by atoms with Crippen molar-refractivity contribution in [2.24, 2.45) is 5.92 Å². The molecule has 0 bridgehead atoms. The van der Waals surface area contributed by atoms with E-state index >= 15 is 0 Å². The predicted octanol–water partition coefficient (Wildman–Crippen LogP) is 2.72. The van der Waals surface area contributed by atoms with Crippen LogP contribution in [0.1, 0.15) is 26.7 Å². The lowest BCUT2D eigenvalue weighted by molar-refractivity contribution is 0.774. The summed E-state index contributed by atoms with van der Waals surface area (Å²) in [5.41, 5.74) is 2.23. The van der Waals surface area contributed by atoms with E-state index in [9.17, 15) is 0 Å². The molecule has 0 radical (unpaired) electrons. The second kappa shape index (κ2) is 4.51. The molecule has 2 unspecified atom stereocenters. The Balaban J connectivity index is 1.93. The highest BCUT2D eigenvalue weighted by molar-refractivity contribution is 5.54. The monoisotopic (exact) mass is 205 g/mol. The van der Waals surface area contributed by atoms with Crippen molar-refractivity contribution < 1.29 is 0 Å². The van der Waals surface area contributed by atoms with Crippen LogP contribution in [0.15, 0.2) is 18.5 Å². The summed E-state index contributed by atoms with van der Waals surface area (Å²) < 4.78 is 0. The van der Waals surface area contributed by atoms with Crippen molar-refractivity contribution >= 4 is 11.4 Å². The quantitative estimate of drug-likeness (QED) is 0.776. The van der Waals surface area contributed by atoms with Gasteiger partial charge in [-0.15, -0.1) is 0 Å². The smallest absolute Gasteiger partial charge is 0.0549 e. The number of aromatic nitrogens is 1. The molecule has 1 fully saturated rings. The largest absolute Gasteiger partial charge is 0.384 e. The SMILES string of the molecule is CCNc1cncc(NC2CC2CC)c1. The maximum Gasteiger partial charge on any atom is 0.0549 e. The number of anilines is 2. The van der Waals surface area contributed by atoms with Crippen LogP contribution in [0, 0.1) is 5.92 Å². The third kappa shape index (κ3) is 2.61. The van der Waals surface area contributed by atoms with Crippen LogP contribution in [0.5, 0.6) is 0 Å². The summed E-state index contributed by atoms with van der Waals surface area (Å²) in [5.74, 6) is 0.868. The Morgan fingerprint density at radius 3 is 2.80 bits per heavy atom. The van der Waals surface area contributed by atoms with Crippen molar-refractivity contribution in [2.45, 2.75) is 32.7 Å². The van der Waals surface area contributed by atoms with Gasteiger partial charge in [-0.2, -0.15) is 0 Å². The minimum atomic E-state index is 0.675. The van der Waals surface area contributed by atoms with E-state index in [2.05, 4.69) is 35.5 Å². The van der Waals surface area contributed by atoms with E-state index in [4.69, 9.17) is 0 Å². The standard InChI is InChI=1S/C12H19N3/c1-3-9-5-12(9)15-11-6-10(14-4-2)7-13-8-11/h6-9,12,14-15H,3-5H2,1-2H3. The van der Waals surface area contributed by atoms with Crippen LogP contribution >= 0.6 is 0 Å². The van der Waals surface area contributed by atoms with Gasteiger partial charge < -0.3 is 10.6 Å². The molecule has 2 rings (SSSR count). The first-order valence-corrected chi connectivity index (χ1v) is 5.79. The number of nitrogens with zero attached hydrogens (tertiary/aromatic N) is 1. The summed E-state index contributed by atoms with van der Waals surface area (Å²) in [7, 11) is 0. The average molecular weight is 205 g/mol. The number of pyridine rings is 1. The van der Waals surface area contributed by atoms with Crippen LogP contribution in [-0.2, 0) is 0 Å². The van der Waals surface area contributed by atoms with Crippen LogP contribution in [0.4, 0.5) is 11.4 Å². The van der Waals surface area contributed by atoms with E-state index in [0.717, 1.165) is 23.8 Å². The Labute approximate surface area is 91.3 Å². The molecule has 3 nitrogen and oxygen atoms in total. The highest BCUT2D eigenvalue weighted by atomic mass is 15.0. The summed E-state index contributed by atoms with van der Waals surface area (Å²) in [6.07, 6.45) is 6.34. The third-order valence-electron chi connectivity index (χ3n) is 2.92. The van der Waals surface area contributed by atoms with E-state index in [0.29, 0.717) is 6.04 Å². The lowest BCUT2D eigenvalue weighted by Crippen LogP contribution is -2.05. The van der Waals surface area contributed by atoms with Crippen LogP contribution in [0.2, 0.25) is 0 Å². The molecule has 2 N–H and O–H groups in total. The van der Waals surface area contributed by atoms with Crippen molar-refractivity contribution in [1.29, 1.82) is 0 Å². The number of rotatable bonds is 5. The topological polar surface area (TPSA) is 37.0 Å². The van der Waals surface area contributed by atoms with Crippen molar-refractivity contribution in [3.05, 3.63) is 18.5 Å². The number of hydrogen-bond acceptors (Lipinski definition) is 3. The molecular formula is C12H19N3. The zero-order chi connectivity index (χ0) is 10.7. The van der Waals surface area contributed by atoms with Crippen LogP contribution in [0.3, 0.4) is 0 Å². The van der Waals surface area contributed by atoms with Gasteiger partial charge >= 0.3 is 0 Å². The lowest BCUT2D eigenvalue weighted by Gasteiger charge is -2.07. The molecule has 0 aromatic carbocycles. The Hall–Kier alpha value is -1.25. The molecule has 1 aliphatic rings. The first kappa shape index (κ1) is 10.3. The maximum atomic E-state index is 4.21. The molecule has 0 aliphatic heterocycles. The Bertz CT molecular complexity index is 324. The molecule has 1 aromatic heterocycles. The molecule has 82 valence electrons. The first-order chi connectivity index (χ1) is 7.33. The molecule has 3 heteroatoms. The van der Waals surface area contributed by atoms with Crippen molar-refractivity contribution in [2.75, 3.05) is 17.2 Å². The fraction of sp³-hybridized carbons (Fsp3) is 0.583. The Morgan fingerprint density at radius 2 is 2.13 bits per heavy atom. The molecule has 1 aliphatic carbocycles. The Kier molecular flexibility index (Phi) is 3.09. The highest BCUT2D eigenvalue weighted by Gasteiger charge is 2.34. The van der Waals surface area contributed by atoms with Gasteiger partial charge in [0.2, 0.25) is 0 Å². The van der Waals surface area contributed by atoms with Crippen molar-refractivity contribution in [1.82, 2.24) is 4.98 Å². The van der Waals surface area contributed by atoms with Gasteiger partial charge in [-0.1, -0.05) is 13.3 Å². The minimum absolute atomic E-state index is 0.675. The average Bonchev–Trinajstić information content (AvgIpc) is 2.97. The van der Waals surface area contributed by atoms with Gasteiger partial charge in [0.25, 0.3) is 0 Å². The number of hydrogen-bond donors (Lipinski definition) is 2. The Morgan fingerprint density at radius 1 is 1.33 bits per heavy atom. The molecule has 1 saturated carbocycles. The molecule has 15 heavy (non-hydrogen) atoms. The molecule has 1 aromatic rings. The highest BCUT2D eigenvalue weighted by Crippen LogP contribution is 2.36. The molecular weight excluding hydrogens is 186 g/mol. The molecule has 2 atom stereocenters. The fourth-order valence-electron chi connectivity index (χ4n) is 1.91. The normalized spacial score (nSPS) is 23.6. The second-order valence-electron chi connectivity index (χ2n) is 4.15. The van der Waals surface area contributed by atoms with Gasteiger partial charge in [0.1, 0.15) is 0 Å². The first-order valence-electron chi connectivity index (χ1n) is 5.79. The fourth-order valence-corrected chi connectivity index (χ4v) is 1.91. The predicted molar refractivity (Wildman–Crippen MR) is 64.2 cm³/mol. The van der Waals surface area contributed by atoms with Gasteiger partial charge in [-0.3, -0.25) is 4.98 Å². The van der Waals surface area contributed by atoms with Crippen molar-refractivity contribution in [3.63, 3.8) is 0 Å². The van der Waals surface area contributed by atoms with Crippen LogP contribution in [-0.4, -0.2) is 17.6 Å². The summed E-state index contributed by atoms with van der Waals surface area (Å²) >= 11 is 0. The molecule has 0 saturated heterocycles. The van der Waals surface area contributed by atoms with Gasteiger partial charge in [0.15, 0.2) is 0 Å². The van der Waals surface area contributed by atoms with Gasteiger partial charge in [0.05, 0.1) is 23.8 Å². The van der Waals surface area contributed by atoms with E-state index < -0.39 is 0 Å². The van der Waals surface area contributed by atoms with E-state index in [-0.39, 0.29) is 0 Å².